The molecule has 0 aromatic heterocycles. The number of rotatable bonds is 6. The average molecular weight is 338 g/mol. The number of carbonyl (C=O) groups is 2. The van der Waals surface area contributed by atoms with E-state index in [1.54, 1.807) is 13.8 Å². The summed E-state index contributed by atoms with van der Waals surface area (Å²) in [6.07, 6.45) is 1.09. The van der Waals surface area contributed by atoms with Gasteiger partial charge in [-0.2, -0.15) is 0 Å². The highest BCUT2D eigenvalue weighted by atomic mass is 32.2. The number of benzene rings is 1. The van der Waals surface area contributed by atoms with Gasteiger partial charge in [-0.15, -0.1) is 0 Å². The van der Waals surface area contributed by atoms with E-state index in [1.165, 1.54) is 4.90 Å². The van der Waals surface area contributed by atoms with E-state index < -0.39 is 21.5 Å². The lowest BCUT2D eigenvalue weighted by Crippen LogP contribution is -2.68. The maximum atomic E-state index is 12.4. The third-order valence-electron chi connectivity index (χ3n) is 4.13. The van der Waals surface area contributed by atoms with Crippen molar-refractivity contribution in [1.82, 2.24) is 9.62 Å². The van der Waals surface area contributed by atoms with E-state index in [9.17, 15) is 18.0 Å². The summed E-state index contributed by atoms with van der Waals surface area (Å²) in [5, 5.41) is 0. The summed E-state index contributed by atoms with van der Waals surface area (Å²) in [6, 6.07) is 9.26. The Labute approximate surface area is 136 Å². The van der Waals surface area contributed by atoms with Crippen molar-refractivity contribution in [3.63, 3.8) is 0 Å². The van der Waals surface area contributed by atoms with Crippen LogP contribution in [0.2, 0.25) is 0 Å². The smallest absolute Gasteiger partial charge is 0.259 e. The number of amides is 2. The summed E-state index contributed by atoms with van der Waals surface area (Å²) < 4.78 is 25.6. The fourth-order valence-corrected chi connectivity index (χ4v) is 3.77. The second-order valence-electron chi connectivity index (χ2n) is 5.98. The van der Waals surface area contributed by atoms with E-state index in [-0.39, 0.29) is 18.1 Å². The van der Waals surface area contributed by atoms with Crippen molar-refractivity contribution in [3.8, 4) is 0 Å². The lowest BCUT2D eigenvalue weighted by molar-refractivity contribution is -0.156. The van der Waals surface area contributed by atoms with Crippen molar-refractivity contribution in [3.05, 3.63) is 35.9 Å². The SMILES string of the molecule is CCCS(=O)(=O)NC(=O)C1(C)CCN1C(=O)Cc1ccccc1. The maximum absolute atomic E-state index is 12.4. The highest BCUT2D eigenvalue weighted by Gasteiger charge is 2.50. The monoisotopic (exact) mass is 338 g/mol. The first-order valence-corrected chi connectivity index (χ1v) is 9.33. The molecule has 1 aliphatic heterocycles. The first-order chi connectivity index (χ1) is 10.8. The van der Waals surface area contributed by atoms with Gasteiger partial charge in [0.15, 0.2) is 0 Å². The molecule has 1 atom stereocenters. The van der Waals surface area contributed by atoms with Crippen LogP contribution in [-0.2, 0) is 26.0 Å². The Morgan fingerprint density at radius 3 is 2.43 bits per heavy atom. The van der Waals surface area contributed by atoms with Crippen molar-refractivity contribution in [2.45, 2.75) is 38.6 Å². The number of nitrogens with zero attached hydrogens (tertiary/aromatic N) is 1. The van der Waals surface area contributed by atoms with Gasteiger partial charge < -0.3 is 4.90 Å². The molecule has 1 N–H and O–H groups in total. The first kappa shape index (κ1) is 17.5. The molecule has 2 rings (SSSR count). The zero-order valence-electron chi connectivity index (χ0n) is 13.4. The minimum atomic E-state index is -3.64. The quantitative estimate of drug-likeness (QED) is 0.841. The van der Waals surface area contributed by atoms with Crippen molar-refractivity contribution >= 4 is 21.8 Å². The van der Waals surface area contributed by atoms with Gasteiger partial charge in [0.1, 0.15) is 5.54 Å². The zero-order valence-corrected chi connectivity index (χ0v) is 14.2. The largest absolute Gasteiger partial charge is 0.328 e. The lowest BCUT2D eigenvalue weighted by Gasteiger charge is -2.49. The molecule has 7 heteroatoms. The van der Waals surface area contributed by atoms with E-state index in [1.807, 2.05) is 30.3 Å². The first-order valence-electron chi connectivity index (χ1n) is 7.68. The fraction of sp³-hybridized carbons (Fsp3) is 0.500. The molecule has 1 unspecified atom stereocenters. The third kappa shape index (κ3) is 3.90. The van der Waals surface area contributed by atoms with Crippen LogP contribution in [0.4, 0.5) is 0 Å². The summed E-state index contributed by atoms with van der Waals surface area (Å²) in [6.45, 7) is 3.80. The fourth-order valence-electron chi connectivity index (χ4n) is 2.63. The molecule has 0 aliphatic carbocycles. The van der Waals surface area contributed by atoms with Crippen LogP contribution in [-0.4, -0.2) is 43.0 Å². The van der Waals surface area contributed by atoms with Crippen LogP contribution in [0, 0.1) is 0 Å². The number of hydrogen-bond donors (Lipinski definition) is 1. The highest BCUT2D eigenvalue weighted by Crippen LogP contribution is 2.31. The van der Waals surface area contributed by atoms with Gasteiger partial charge in [0.2, 0.25) is 15.9 Å². The van der Waals surface area contributed by atoms with E-state index in [4.69, 9.17) is 0 Å². The molecule has 6 nitrogen and oxygen atoms in total. The van der Waals surface area contributed by atoms with Gasteiger partial charge >= 0.3 is 0 Å². The van der Waals surface area contributed by atoms with Crippen molar-refractivity contribution in [1.29, 1.82) is 0 Å². The van der Waals surface area contributed by atoms with Crippen LogP contribution >= 0.6 is 0 Å². The number of sulfonamides is 1. The van der Waals surface area contributed by atoms with Gasteiger partial charge in [-0.05, 0) is 25.3 Å². The van der Waals surface area contributed by atoms with Crippen molar-refractivity contribution in [2.24, 2.45) is 0 Å². The van der Waals surface area contributed by atoms with Crippen LogP contribution in [0.5, 0.6) is 0 Å². The second-order valence-corrected chi connectivity index (χ2v) is 7.82. The molecule has 1 saturated heterocycles. The molecule has 1 aromatic rings. The van der Waals surface area contributed by atoms with Gasteiger partial charge in [0.25, 0.3) is 5.91 Å². The van der Waals surface area contributed by atoms with E-state index in [0.29, 0.717) is 19.4 Å². The predicted octanol–water partition coefficient (Wildman–Crippen LogP) is 1.08. The standard InChI is InChI=1S/C16H22N2O4S/c1-3-11-23(21,22)17-15(20)16(2)9-10-18(16)14(19)12-13-7-5-4-6-8-13/h4-8H,3,9-12H2,1-2H3,(H,17,20). The molecule has 0 spiro atoms. The molecular weight excluding hydrogens is 316 g/mol. The van der Waals surface area contributed by atoms with Crippen molar-refractivity contribution in [2.75, 3.05) is 12.3 Å². The Kier molecular flexibility index (Phi) is 5.09. The van der Waals surface area contributed by atoms with Gasteiger partial charge in [-0.3, -0.25) is 14.3 Å². The number of hydrogen-bond acceptors (Lipinski definition) is 4. The molecule has 0 radical (unpaired) electrons. The van der Waals surface area contributed by atoms with E-state index in [0.717, 1.165) is 5.56 Å². The Hall–Kier alpha value is -1.89. The molecule has 0 bridgehead atoms. The zero-order chi connectivity index (χ0) is 17.1. The number of likely N-dealkylation sites (tertiary alicyclic amines) is 1. The lowest BCUT2D eigenvalue weighted by atomic mass is 9.85. The number of nitrogens with one attached hydrogen (secondary N) is 1. The maximum Gasteiger partial charge on any atom is 0.259 e. The Balaban J connectivity index is 2.04. The highest BCUT2D eigenvalue weighted by molar-refractivity contribution is 7.90. The van der Waals surface area contributed by atoms with Crippen LogP contribution < -0.4 is 4.72 Å². The number of carbonyl (C=O) groups excluding carboxylic acids is 2. The minimum Gasteiger partial charge on any atom is -0.328 e. The molecule has 1 fully saturated rings. The minimum absolute atomic E-state index is 0.104. The van der Waals surface area contributed by atoms with Gasteiger partial charge in [0, 0.05) is 6.54 Å². The average Bonchev–Trinajstić information content (AvgIpc) is 2.45. The molecule has 2 amide bonds. The summed E-state index contributed by atoms with van der Waals surface area (Å²) in [4.78, 5) is 26.2. The Morgan fingerprint density at radius 1 is 1.26 bits per heavy atom. The van der Waals surface area contributed by atoms with E-state index >= 15 is 0 Å². The predicted molar refractivity (Wildman–Crippen MR) is 87.1 cm³/mol. The molecule has 1 heterocycles. The van der Waals surface area contributed by atoms with Gasteiger partial charge in [0.05, 0.1) is 12.2 Å². The molecular formula is C16H22N2O4S. The summed E-state index contributed by atoms with van der Waals surface area (Å²) in [5.41, 5.74) is -0.224. The van der Waals surface area contributed by atoms with Crippen LogP contribution in [0.1, 0.15) is 32.3 Å². The summed E-state index contributed by atoms with van der Waals surface area (Å²) >= 11 is 0. The second kappa shape index (κ2) is 6.70. The van der Waals surface area contributed by atoms with Gasteiger partial charge in [-0.25, -0.2) is 8.42 Å². The van der Waals surface area contributed by atoms with Crippen LogP contribution in [0.25, 0.3) is 0 Å². The van der Waals surface area contributed by atoms with Crippen molar-refractivity contribution < 1.29 is 18.0 Å². The van der Waals surface area contributed by atoms with E-state index in [2.05, 4.69) is 4.72 Å². The Bertz CT molecular complexity index is 687. The molecule has 0 saturated carbocycles. The molecule has 23 heavy (non-hydrogen) atoms. The normalized spacial score (nSPS) is 20.7. The topological polar surface area (TPSA) is 83.6 Å². The third-order valence-corrected chi connectivity index (χ3v) is 5.57. The Morgan fingerprint density at radius 2 is 1.91 bits per heavy atom. The molecule has 1 aliphatic rings. The summed E-state index contributed by atoms with van der Waals surface area (Å²) in [7, 11) is -3.64. The molecule has 126 valence electrons. The van der Waals surface area contributed by atoms with Crippen LogP contribution in [0.15, 0.2) is 30.3 Å². The molecule has 1 aromatic carbocycles. The van der Waals surface area contributed by atoms with Crippen LogP contribution in [0.3, 0.4) is 0 Å². The van der Waals surface area contributed by atoms with Gasteiger partial charge in [-0.1, -0.05) is 37.3 Å². The summed E-state index contributed by atoms with van der Waals surface area (Å²) in [5.74, 6) is -0.904.